The summed E-state index contributed by atoms with van der Waals surface area (Å²) >= 11 is 0. The highest BCUT2D eigenvalue weighted by Gasteiger charge is 2.21. The minimum atomic E-state index is -0.845. The monoisotopic (exact) mass is 280 g/mol. The van der Waals surface area contributed by atoms with E-state index in [9.17, 15) is 14.9 Å². The normalized spacial score (nSPS) is 12.7. The number of carboxylic acid groups (broad SMARTS) is 1. The second-order valence-electron chi connectivity index (χ2n) is 5.00. The molecule has 0 spiro atoms. The van der Waals surface area contributed by atoms with Crippen LogP contribution in [0.5, 0.6) is 0 Å². The van der Waals surface area contributed by atoms with Gasteiger partial charge in [-0.15, -0.1) is 0 Å². The minimum absolute atomic E-state index is 0.0521. The third-order valence-corrected chi connectivity index (χ3v) is 3.31. The van der Waals surface area contributed by atoms with Gasteiger partial charge >= 0.3 is 5.97 Å². The molecule has 0 aromatic heterocycles. The van der Waals surface area contributed by atoms with Crippen LogP contribution < -0.4 is 0 Å². The Hall–Kier alpha value is -1.95. The van der Waals surface area contributed by atoms with Gasteiger partial charge in [0.1, 0.15) is 0 Å². The van der Waals surface area contributed by atoms with Crippen molar-refractivity contribution in [2.24, 2.45) is 0 Å². The number of carboxylic acids is 1. The molecule has 0 radical (unpaired) electrons. The average molecular weight is 280 g/mol. The van der Waals surface area contributed by atoms with Gasteiger partial charge in [-0.05, 0) is 26.3 Å². The van der Waals surface area contributed by atoms with E-state index in [2.05, 4.69) is 0 Å². The molecule has 1 rings (SSSR count). The molecular weight excluding hydrogens is 260 g/mol. The van der Waals surface area contributed by atoms with E-state index in [0.29, 0.717) is 6.54 Å². The maximum atomic E-state index is 10.8. The molecule has 1 aromatic carbocycles. The smallest absolute Gasteiger partial charge is 0.304 e. The van der Waals surface area contributed by atoms with Crippen molar-refractivity contribution >= 4 is 11.7 Å². The van der Waals surface area contributed by atoms with Gasteiger partial charge in [0.25, 0.3) is 5.69 Å². The molecule has 0 bridgehead atoms. The molecule has 6 heteroatoms. The number of nitrogens with zero attached hydrogens (tertiary/aromatic N) is 2. The van der Waals surface area contributed by atoms with Gasteiger partial charge in [-0.25, -0.2) is 0 Å². The lowest BCUT2D eigenvalue weighted by Gasteiger charge is -2.32. The zero-order chi connectivity index (χ0) is 15.3. The van der Waals surface area contributed by atoms with Crippen LogP contribution in [0.2, 0.25) is 0 Å². The first kappa shape index (κ1) is 16.1. The molecule has 0 heterocycles. The number of hydrogen-bond donors (Lipinski definition) is 1. The number of non-ortho nitro benzene ring substituents is 1. The standard InChI is InChI=1S/C14H20N2O4/c1-10(2)15(8-7-14(17)18)11(3)12-5-4-6-13(9-12)16(19)20/h4-6,9-11H,7-8H2,1-3H3,(H,17,18). The number of aliphatic carboxylic acids is 1. The van der Waals surface area contributed by atoms with E-state index >= 15 is 0 Å². The van der Waals surface area contributed by atoms with Gasteiger partial charge in [-0.2, -0.15) is 0 Å². The Balaban J connectivity index is 2.93. The van der Waals surface area contributed by atoms with Crippen molar-refractivity contribution in [3.63, 3.8) is 0 Å². The zero-order valence-corrected chi connectivity index (χ0v) is 11.9. The van der Waals surface area contributed by atoms with E-state index in [1.165, 1.54) is 6.07 Å². The fraction of sp³-hybridized carbons (Fsp3) is 0.500. The molecule has 0 aliphatic rings. The largest absolute Gasteiger partial charge is 0.481 e. The van der Waals surface area contributed by atoms with E-state index in [4.69, 9.17) is 5.11 Å². The second kappa shape index (κ2) is 7.00. The summed E-state index contributed by atoms with van der Waals surface area (Å²) in [6.45, 7) is 6.31. The summed E-state index contributed by atoms with van der Waals surface area (Å²) in [5.41, 5.74) is 0.870. The predicted molar refractivity (Wildman–Crippen MR) is 75.6 cm³/mol. The van der Waals surface area contributed by atoms with Crippen molar-refractivity contribution in [1.82, 2.24) is 4.90 Å². The van der Waals surface area contributed by atoms with E-state index in [1.54, 1.807) is 12.1 Å². The molecule has 1 unspecified atom stereocenters. The fourth-order valence-electron chi connectivity index (χ4n) is 2.21. The number of carbonyl (C=O) groups is 1. The Morgan fingerprint density at radius 1 is 1.40 bits per heavy atom. The van der Waals surface area contributed by atoms with E-state index < -0.39 is 10.9 Å². The molecule has 0 saturated heterocycles. The number of nitro benzene ring substituents is 1. The number of hydrogen-bond acceptors (Lipinski definition) is 4. The van der Waals surface area contributed by atoms with Gasteiger partial charge in [0.2, 0.25) is 0 Å². The molecule has 0 saturated carbocycles. The van der Waals surface area contributed by atoms with Crippen LogP contribution in [-0.2, 0) is 4.79 Å². The Bertz CT molecular complexity index is 488. The maximum absolute atomic E-state index is 10.8. The summed E-state index contributed by atoms with van der Waals surface area (Å²) in [5, 5.41) is 19.6. The quantitative estimate of drug-likeness (QED) is 0.613. The van der Waals surface area contributed by atoms with E-state index in [-0.39, 0.29) is 24.2 Å². The number of benzene rings is 1. The first-order valence-electron chi connectivity index (χ1n) is 6.54. The van der Waals surface area contributed by atoms with E-state index in [0.717, 1.165) is 5.56 Å². The van der Waals surface area contributed by atoms with Gasteiger partial charge in [0, 0.05) is 30.8 Å². The first-order valence-corrected chi connectivity index (χ1v) is 6.54. The lowest BCUT2D eigenvalue weighted by atomic mass is 10.0. The predicted octanol–water partition coefficient (Wildman–Crippen LogP) is 2.84. The van der Waals surface area contributed by atoms with Gasteiger partial charge in [-0.3, -0.25) is 19.8 Å². The lowest BCUT2D eigenvalue weighted by molar-refractivity contribution is -0.385. The molecule has 1 N–H and O–H groups in total. The lowest BCUT2D eigenvalue weighted by Crippen LogP contribution is -2.35. The average Bonchev–Trinajstić information content (AvgIpc) is 2.38. The molecule has 20 heavy (non-hydrogen) atoms. The molecule has 6 nitrogen and oxygen atoms in total. The zero-order valence-electron chi connectivity index (χ0n) is 11.9. The first-order chi connectivity index (χ1) is 9.32. The molecule has 110 valence electrons. The van der Waals surface area contributed by atoms with E-state index in [1.807, 2.05) is 31.7 Å². The topological polar surface area (TPSA) is 83.7 Å². The third kappa shape index (κ3) is 4.31. The van der Waals surface area contributed by atoms with Crippen molar-refractivity contribution in [2.75, 3.05) is 6.54 Å². The van der Waals surface area contributed by atoms with Crippen molar-refractivity contribution in [3.05, 3.63) is 39.9 Å². The summed E-state index contributed by atoms with van der Waals surface area (Å²) in [4.78, 5) is 23.1. The van der Waals surface area contributed by atoms with Crippen LogP contribution in [0.3, 0.4) is 0 Å². The van der Waals surface area contributed by atoms with Crippen LogP contribution >= 0.6 is 0 Å². The highest BCUT2D eigenvalue weighted by atomic mass is 16.6. The summed E-state index contributed by atoms with van der Waals surface area (Å²) in [7, 11) is 0. The molecule has 0 amide bonds. The maximum Gasteiger partial charge on any atom is 0.304 e. The summed E-state index contributed by atoms with van der Waals surface area (Å²) in [6.07, 6.45) is 0.0530. The summed E-state index contributed by atoms with van der Waals surface area (Å²) in [5.74, 6) is -0.845. The summed E-state index contributed by atoms with van der Waals surface area (Å²) in [6, 6.07) is 6.56. The molecular formula is C14H20N2O4. The van der Waals surface area contributed by atoms with Crippen LogP contribution in [0.4, 0.5) is 5.69 Å². The molecule has 0 aliphatic heterocycles. The van der Waals surface area contributed by atoms with Crippen LogP contribution in [-0.4, -0.2) is 33.5 Å². The highest BCUT2D eigenvalue weighted by Crippen LogP contribution is 2.25. The number of nitro groups is 1. The van der Waals surface area contributed by atoms with Gasteiger partial charge in [0.05, 0.1) is 11.3 Å². The summed E-state index contributed by atoms with van der Waals surface area (Å²) < 4.78 is 0. The Kier molecular flexibility index (Phi) is 5.64. The van der Waals surface area contributed by atoms with Crippen LogP contribution in [0.1, 0.15) is 38.8 Å². The van der Waals surface area contributed by atoms with Gasteiger partial charge < -0.3 is 5.11 Å². The minimum Gasteiger partial charge on any atom is -0.481 e. The van der Waals surface area contributed by atoms with Gasteiger partial charge in [-0.1, -0.05) is 12.1 Å². The molecule has 0 fully saturated rings. The van der Waals surface area contributed by atoms with Crippen LogP contribution in [0.25, 0.3) is 0 Å². The van der Waals surface area contributed by atoms with Gasteiger partial charge in [0.15, 0.2) is 0 Å². The third-order valence-electron chi connectivity index (χ3n) is 3.31. The Morgan fingerprint density at radius 3 is 2.55 bits per heavy atom. The number of rotatable bonds is 7. The van der Waals surface area contributed by atoms with Crippen molar-refractivity contribution < 1.29 is 14.8 Å². The molecule has 0 aliphatic carbocycles. The van der Waals surface area contributed by atoms with Crippen molar-refractivity contribution in [2.45, 2.75) is 39.3 Å². The van der Waals surface area contributed by atoms with Crippen molar-refractivity contribution in [1.29, 1.82) is 0 Å². The molecule has 1 aromatic rings. The van der Waals surface area contributed by atoms with Crippen LogP contribution in [0, 0.1) is 10.1 Å². The Labute approximate surface area is 118 Å². The van der Waals surface area contributed by atoms with Crippen molar-refractivity contribution in [3.8, 4) is 0 Å². The fourth-order valence-corrected chi connectivity index (χ4v) is 2.21. The second-order valence-corrected chi connectivity index (χ2v) is 5.00. The highest BCUT2D eigenvalue weighted by molar-refractivity contribution is 5.66. The van der Waals surface area contributed by atoms with Crippen LogP contribution in [0.15, 0.2) is 24.3 Å². The SMILES string of the molecule is CC(C)N(CCC(=O)O)C(C)c1cccc([N+](=O)[O-])c1. The Morgan fingerprint density at radius 2 is 2.05 bits per heavy atom. The molecule has 1 atom stereocenters.